The summed E-state index contributed by atoms with van der Waals surface area (Å²) in [5.74, 6) is 0.269. The number of carbonyl (C=O) groups excluding carboxylic acids is 1. The first-order chi connectivity index (χ1) is 17.5. The van der Waals surface area contributed by atoms with Crippen LogP contribution in [0.5, 0.6) is 11.5 Å². The van der Waals surface area contributed by atoms with E-state index in [0.29, 0.717) is 39.6 Å². The molecule has 0 unspecified atom stereocenters. The second-order valence-electron chi connectivity index (χ2n) is 8.12. The molecule has 4 aromatic rings. The van der Waals surface area contributed by atoms with Gasteiger partial charge in [0, 0.05) is 17.7 Å². The molecule has 0 saturated heterocycles. The monoisotopic (exact) mass is 496 g/mol. The number of benzene rings is 4. The van der Waals surface area contributed by atoms with Gasteiger partial charge in [0.1, 0.15) is 5.75 Å². The molecule has 1 aliphatic heterocycles. The summed E-state index contributed by atoms with van der Waals surface area (Å²) in [6.45, 7) is 1.94. The highest BCUT2D eigenvalue weighted by Crippen LogP contribution is 2.43. The van der Waals surface area contributed by atoms with Gasteiger partial charge < -0.3 is 10.1 Å². The summed E-state index contributed by atoms with van der Waals surface area (Å²) >= 11 is 0. The third kappa shape index (κ3) is 4.25. The summed E-state index contributed by atoms with van der Waals surface area (Å²) in [6.07, 6.45) is 0. The minimum Gasteiger partial charge on any atom is -0.455 e. The Bertz CT molecular complexity index is 1550. The van der Waals surface area contributed by atoms with Gasteiger partial charge in [-0.2, -0.15) is 0 Å². The molecule has 180 valence electrons. The number of ether oxygens (including phenoxy) is 1. The first kappa shape index (κ1) is 23.4. The van der Waals surface area contributed by atoms with Crippen LogP contribution < -0.4 is 14.4 Å². The lowest BCUT2D eigenvalue weighted by Gasteiger charge is -2.32. The standard InChI is InChI=1S/C29H24N2O4S/c1-2-31-25-19-11-9-17-23(25)27(21-13-5-3-6-14-21)28(36(31,33)34)29(32)30-24-18-10-12-20-26(24)35-22-15-7-4-8-16-22/h3-20H,2H2,1H3,(H,30,32). The van der Waals surface area contributed by atoms with Crippen molar-refractivity contribution >= 4 is 32.9 Å². The SMILES string of the molecule is CCN1c2ccccc2C(c2ccccc2)=C(C(=O)Nc2ccccc2Oc2ccccc2)S1(=O)=O. The molecule has 0 spiro atoms. The van der Waals surface area contributed by atoms with Gasteiger partial charge in [-0.05, 0) is 42.8 Å². The third-order valence-corrected chi connectivity index (χ3v) is 7.82. The van der Waals surface area contributed by atoms with Crippen LogP contribution in [0.25, 0.3) is 5.57 Å². The zero-order valence-corrected chi connectivity index (χ0v) is 20.4. The van der Waals surface area contributed by atoms with Gasteiger partial charge >= 0.3 is 0 Å². The topological polar surface area (TPSA) is 75.7 Å². The van der Waals surface area contributed by atoms with E-state index in [9.17, 15) is 13.2 Å². The Kier molecular flexibility index (Phi) is 6.31. The van der Waals surface area contributed by atoms with Crippen LogP contribution in [0.1, 0.15) is 18.1 Å². The van der Waals surface area contributed by atoms with Crippen LogP contribution in [0, 0.1) is 0 Å². The lowest BCUT2D eigenvalue weighted by molar-refractivity contribution is -0.112. The summed E-state index contributed by atoms with van der Waals surface area (Å²) in [5.41, 5.74) is 2.60. The quantitative estimate of drug-likeness (QED) is 0.353. The fourth-order valence-corrected chi connectivity index (χ4v) is 6.06. The van der Waals surface area contributed by atoms with Crippen LogP contribution in [0.4, 0.5) is 11.4 Å². The van der Waals surface area contributed by atoms with E-state index in [-0.39, 0.29) is 11.4 Å². The van der Waals surface area contributed by atoms with Crippen molar-refractivity contribution in [3.05, 3.63) is 125 Å². The first-order valence-corrected chi connectivity index (χ1v) is 13.0. The third-order valence-electron chi connectivity index (χ3n) is 5.88. The molecule has 0 fully saturated rings. The van der Waals surface area contributed by atoms with E-state index in [1.165, 1.54) is 4.31 Å². The average Bonchev–Trinajstić information content (AvgIpc) is 2.90. The molecule has 0 bridgehead atoms. The lowest BCUT2D eigenvalue weighted by atomic mass is 9.95. The molecule has 0 atom stereocenters. The van der Waals surface area contributed by atoms with Crippen molar-refractivity contribution in [3.63, 3.8) is 0 Å². The zero-order valence-electron chi connectivity index (χ0n) is 19.6. The summed E-state index contributed by atoms with van der Waals surface area (Å²) in [5, 5.41) is 2.80. The van der Waals surface area contributed by atoms with Crippen LogP contribution in [0.15, 0.2) is 114 Å². The molecule has 1 heterocycles. The van der Waals surface area contributed by atoms with Crippen molar-refractivity contribution in [2.75, 3.05) is 16.2 Å². The minimum absolute atomic E-state index is 0.186. The maximum atomic E-state index is 13.9. The number of nitrogens with one attached hydrogen (secondary N) is 1. The number of anilines is 2. The Morgan fingerprint density at radius 2 is 1.42 bits per heavy atom. The number of sulfonamides is 1. The number of carbonyl (C=O) groups is 1. The van der Waals surface area contributed by atoms with Gasteiger partial charge in [0.25, 0.3) is 15.9 Å². The van der Waals surface area contributed by atoms with Crippen molar-refractivity contribution < 1.29 is 17.9 Å². The highest BCUT2D eigenvalue weighted by Gasteiger charge is 2.40. The van der Waals surface area contributed by atoms with Gasteiger partial charge in [-0.1, -0.05) is 78.9 Å². The van der Waals surface area contributed by atoms with E-state index < -0.39 is 15.9 Å². The normalized spacial score (nSPS) is 14.2. The Morgan fingerprint density at radius 1 is 0.806 bits per heavy atom. The number of para-hydroxylation sites is 4. The molecule has 0 radical (unpaired) electrons. The van der Waals surface area contributed by atoms with Crippen LogP contribution in [0.2, 0.25) is 0 Å². The van der Waals surface area contributed by atoms with Crippen molar-refractivity contribution in [3.8, 4) is 11.5 Å². The molecule has 0 aliphatic carbocycles. The Balaban J connectivity index is 1.65. The van der Waals surface area contributed by atoms with Crippen LogP contribution in [-0.2, 0) is 14.8 Å². The number of rotatable bonds is 6. The van der Waals surface area contributed by atoms with Crippen LogP contribution in [0.3, 0.4) is 0 Å². The molecule has 0 aromatic heterocycles. The summed E-state index contributed by atoms with van der Waals surface area (Å²) < 4.78 is 35.0. The van der Waals surface area contributed by atoms with Gasteiger partial charge in [-0.25, -0.2) is 8.42 Å². The predicted octanol–water partition coefficient (Wildman–Crippen LogP) is 6.05. The molecule has 5 rings (SSSR count). The number of hydrogen-bond acceptors (Lipinski definition) is 4. The second-order valence-corrected chi connectivity index (χ2v) is 9.92. The number of fused-ring (bicyclic) bond motifs is 1. The van der Waals surface area contributed by atoms with Crippen molar-refractivity contribution in [1.82, 2.24) is 0 Å². The van der Waals surface area contributed by atoms with E-state index in [1.807, 2.05) is 60.7 Å². The summed E-state index contributed by atoms with van der Waals surface area (Å²) in [4.78, 5) is 13.5. The molecule has 1 N–H and O–H groups in total. The highest BCUT2D eigenvalue weighted by atomic mass is 32.2. The zero-order chi connectivity index (χ0) is 25.1. The fraction of sp³-hybridized carbons (Fsp3) is 0.0690. The lowest BCUT2D eigenvalue weighted by Crippen LogP contribution is -2.39. The fourth-order valence-electron chi connectivity index (χ4n) is 4.31. The van der Waals surface area contributed by atoms with Crippen LogP contribution >= 0.6 is 0 Å². The van der Waals surface area contributed by atoms with Crippen molar-refractivity contribution in [2.45, 2.75) is 6.92 Å². The molecule has 6 nitrogen and oxygen atoms in total. The average molecular weight is 497 g/mol. The summed E-state index contributed by atoms with van der Waals surface area (Å²) in [7, 11) is -4.16. The largest absolute Gasteiger partial charge is 0.455 e. The van der Waals surface area contributed by atoms with E-state index in [2.05, 4.69) is 5.32 Å². The Morgan fingerprint density at radius 3 is 2.14 bits per heavy atom. The maximum Gasteiger partial charge on any atom is 0.270 e. The highest BCUT2D eigenvalue weighted by molar-refractivity contribution is 7.97. The number of nitrogens with zero attached hydrogens (tertiary/aromatic N) is 1. The van der Waals surface area contributed by atoms with E-state index in [0.717, 1.165) is 0 Å². The van der Waals surface area contributed by atoms with Gasteiger partial charge in [0.2, 0.25) is 0 Å². The van der Waals surface area contributed by atoms with Crippen molar-refractivity contribution in [2.24, 2.45) is 0 Å². The molecule has 4 aromatic carbocycles. The predicted molar refractivity (Wildman–Crippen MR) is 142 cm³/mol. The smallest absolute Gasteiger partial charge is 0.270 e. The number of hydrogen-bond donors (Lipinski definition) is 1. The van der Waals surface area contributed by atoms with Gasteiger partial charge in [0.15, 0.2) is 10.7 Å². The molecule has 7 heteroatoms. The molecular formula is C29H24N2O4S. The van der Waals surface area contributed by atoms with Crippen LogP contribution in [-0.4, -0.2) is 20.9 Å². The summed E-state index contributed by atoms with van der Waals surface area (Å²) in [6, 6.07) is 32.5. The van der Waals surface area contributed by atoms with Gasteiger partial charge in [-0.15, -0.1) is 0 Å². The first-order valence-electron chi connectivity index (χ1n) is 11.6. The molecule has 1 aliphatic rings. The van der Waals surface area contributed by atoms with Gasteiger partial charge in [0.05, 0.1) is 11.4 Å². The van der Waals surface area contributed by atoms with Gasteiger partial charge in [-0.3, -0.25) is 9.10 Å². The minimum atomic E-state index is -4.16. The molecular weight excluding hydrogens is 472 g/mol. The molecule has 36 heavy (non-hydrogen) atoms. The molecule has 1 amide bonds. The maximum absolute atomic E-state index is 13.9. The van der Waals surface area contributed by atoms with Crippen molar-refractivity contribution in [1.29, 1.82) is 0 Å². The van der Waals surface area contributed by atoms with E-state index in [1.54, 1.807) is 55.5 Å². The van der Waals surface area contributed by atoms with E-state index in [4.69, 9.17) is 4.74 Å². The van der Waals surface area contributed by atoms with E-state index >= 15 is 0 Å². The second kappa shape index (κ2) is 9.71. The number of amides is 1. The molecule has 0 saturated carbocycles. The Labute approximate surface area is 210 Å². The Hall–Kier alpha value is -4.36.